The number of amides is 2. The van der Waals surface area contributed by atoms with Crippen molar-refractivity contribution in [2.45, 2.75) is 13.0 Å². The third-order valence-electron chi connectivity index (χ3n) is 4.76. The van der Waals surface area contributed by atoms with Crippen LogP contribution >= 0.6 is 23.2 Å². The van der Waals surface area contributed by atoms with Gasteiger partial charge in [0.05, 0.1) is 34.6 Å². The number of nitrogens with zero attached hydrogens (tertiary/aromatic N) is 5. The highest BCUT2D eigenvalue weighted by Crippen LogP contribution is 2.27. The highest BCUT2D eigenvalue weighted by atomic mass is 35.5. The van der Waals surface area contributed by atoms with Crippen molar-refractivity contribution in [3.8, 4) is 6.07 Å². The predicted molar refractivity (Wildman–Crippen MR) is 128 cm³/mol. The number of ketones is 1. The third-order valence-corrected chi connectivity index (χ3v) is 5.50. The van der Waals surface area contributed by atoms with Crippen molar-refractivity contribution in [2.75, 3.05) is 19.0 Å². The lowest BCUT2D eigenvalue weighted by molar-refractivity contribution is -0.117. The van der Waals surface area contributed by atoms with Crippen molar-refractivity contribution in [1.82, 2.24) is 14.9 Å². The van der Waals surface area contributed by atoms with Gasteiger partial charge >= 0.3 is 0 Å². The number of carbonyl (C=O) groups is 3. The van der Waals surface area contributed by atoms with Gasteiger partial charge in [-0.15, -0.1) is 0 Å². The fourth-order valence-corrected chi connectivity index (χ4v) is 3.43. The molecule has 8 nitrogen and oxygen atoms in total. The quantitative estimate of drug-likeness (QED) is 0.359. The summed E-state index contributed by atoms with van der Waals surface area (Å²) < 4.78 is 0. The number of nitriles is 1. The Labute approximate surface area is 206 Å². The first-order chi connectivity index (χ1) is 16.2. The van der Waals surface area contributed by atoms with Crippen LogP contribution in [0.1, 0.15) is 38.5 Å². The monoisotopic (exact) mass is 495 g/mol. The second kappa shape index (κ2) is 10.9. The van der Waals surface area contributed by atoms with Crippen molar-refractivity contribution >= 4 is 46.5 Å². The van der Waals surface area contributed by atoms with E-state index in [0.717, 1.165) is 0 Å². The van der Waals surface area contributed by atoms with Crippen LogP contribution in [-0.2, 0) is 11.3 Å². The number of rotatable bonds is 7. The summed E-state index contributed by atoms with van der Waals surface area (Å²) in [6.07, 6.45) is 2.31. The highest BCUT2D eigenvalue weighted by Gasteiger charge is 2.24. The van der Waals surface area contributed by atoms with E-state index in [9.17, 15) is 19.6 Å². The predicted octanol–water partition coefficient (Wildman–Crippen LogP) is 4.16. The van der Waals surface area contributed by atoms with Crippen LogP contribution in [0, 0.1) is 11.3 Å². The molecule has 0 bridgehead atoms. The minimum Gasteiger partial charge on any atom is -0.345 e. The molecule has 3 rings (SSSR count). The first-order valence-corrected chi connectivity index (χ1v) is 10.8. The molecule has 2 amide bonds. The molecule has 1 aromatic heterocycles. The zero-order valence-corrected chi connectivity index (χ0v) is 19.8. The van der Waals surface area contributed by atoms with Crippen molar-refractivity contribution in [3.05, 3.63) is 87.4 Å². The molecule has 0 spiro atoms. The molecule has 0 aliphatic rings. The van der Waals surface area contributed by atoms with Gasteiger partial charge < -0.3 is 9.80 Å². The van der Waals surface area contributed by atoms with E-state index in [2.05, 4.69) is 9.97 Å². The summed E-state index contributed by atoms with van der Waals surface area (Å²) in [6.45, 7) is 0.0170. The summed E-state index contributed by atoms with van der Waals surface area (Å²) in [5, 5.41) is 10.1. The lowest BCUT2D eigenvalue weighted by Crippen LogP contribution is -2.33. The molecule has 0 aliphatic carbocycles. The molecule has 0 atom stereocenters. The van der Waals surface area contributed by atoms with Crippen LogP contribution < -0.4 is 4.90 Å². The lowest BCUT2D eigenvalue weighted by Gasteiger charge is -2.24. The standard InChI is InChI=1S/C24H19Cl2N5O3/c1-30(2)24(34)17-8-16(13-27)9-18(11-17)31(14-15-4-5-19(25)20(26)10-15)22(33)12-21(32)23-28-6-3-7-29-23/h3-11H,12,14H2,1-2H3. The van der Waals surface area contributed by atoms with Crippen LogP contribution in [0.25, 0.3) is 0 Å². The zero-order valence-electron chi connectivity index (χ0n) is 18.3. The van der Waals surface area contributed by atoms with E-state index in [1.807, 2.05) is 6.07 Å². The topological polar surface area (TPSA) is 107 Å². The molecule has 0 radical (unpaired) electrons. The van der Waals surface area contributed by atoms with Gasteiger partial charge in [0.1, 0.15) is 0 Å². The minimum absolute atomic E-state index is 0.0170. The smallest absolute Gasteiger partial charge is 0.253 e. The summed E-state index contributed by atoms with van der Waals surface area (Å²) in [6, 6.07) is 12.9. The molecule has 34 heavy (non-hydrogen) atoms. The van der Waals surface area contributed by atoms with Crippen molar-refractivity contribution in [2.24, 2.45) is 0 Å². The summed E-state index contributed by atoms with van der Waals surface area (Å²) in [7, 11) is 3.16. The molecule has 2 aromatic carbocycles. The number of Topliss-reactive ketones (excluding diaryl/α,β-unsaturated/α-hetero) is 1. The molecule has 0 aliphatic heterocycles. The maximum Gasteiger partial charge on any atom is 0.253 e. The average Bonchev–Trinajstić information content (AvgIpc) is 2.84. The van der Waals surface area contributed by atoms with Crippen LogP contribution in [0.15, 0.2) is 54.9 Å². The summed E-state index contributed by atoms with van der Waals surface area (Å²) in [5.41, 5.74) is 1.33. The molecular weight excluding hydrogens is 477 g/mol. The van der Waals surface area contributed by atoms with E-state index in [0.29, 0.717) is 15.6 Å². The molecule has 1 heterocycles. The number of anilines is 1. The number of hydrogen-bond donors (Lipinski definition) is 0. The largest absolute Gasteiger partial charge is 0.345 e. The minimum atomic E-state index is -0.568. The number of aromatic nitrogens is 2. The van der Waals surface area contributed by atoms with Gasteiger partial charge in [0.15, 0.2) is 5.82 Å². The Hall–Kier alpha value is -3.80. The second-order valence-electron chi connectivity index (χ2n) is 7.48. The summed E-state index contributed by atoms with van der Waals surface area (Å²) >= 11 is 12.1. The van der Waals surface area contributed by atoms with E-state index in [1.54, 1.807) is 38.4 Å². The van der Waals surface area contributed by atoms with Crippen LogP contribution in [0.2, 0.25) is 10.0 Å². The summed E-state index contributed by atoms with van der Waals surface area (Å²) in [5.74, 6) is -1.55. The van der Waals surface area contributed by atoms with E-state index in [4.69, 9.17) is 23.2 Å². The maximum atomic E-state index is 13.3. The van der Waals surface area contributed by atoms with E-state index < -0.39 is 18.1 Å². The molecule has 0 fully saturated rings. The second-order valence-corrected chi connectivity index (χ2v) is 8.30. The lowest BCUT2D eigenvalue weighted by atomic mass is 10.1. The van der Waals surface area contributed by atoms with Gasteiger partial charge in [-0.3, -0.25) is 14.4 Å². The molecule has 0 saturated carbocycles. The molecule has 10 heteroatoms. The van der Waals surface area contributed by atoms with Crippen molar-refractivity contribution in [3.63, 3.8) is 0 Å². The third kappa shape index (κ3) is 5.95. The Morgan fingerprint density at radius 1 is 1.00 bits per heavy atom. The number of carbonyl (C=O) groups excluding carboxylic acids is 3. The van der Waals surface area contributed by atoms with Crippen LogP contribution in [0.4, 0.5) is 5.69 Å². The van der Waals surface area contributed by atoms with Crippen LogP contribution in [-0.4, -0.2) is 46.6 Å². The highest BCUT2D eigenvalue weighted by molar-refractivity contribution is 6.42. The molecule has 3 aromatic rings. The van der Waals surface area contributed by atoms with Gasteiger partial charge in [-0.1, -0.05) is 29.3 Å². The van der Waals surface area contributed by atoms with E-state index >= 15 is 0 Å². The van der Waals surface area contributed by atoms with Gasteiger partial charge in [0, 0.05) is 37.7 Å². The van der Waals surface area contributed by atoms with Gasteiger partial charge in [0.2, 0.25) is 11.7 Å². The van der Waals surface area contributed by atoms with Gasteiger partial charge in [0.25, 0.3) is 5.91 Å². The number of benzene rings is 2. The van der Waals surface area contributed by atoms with E-state index in [1.165, 1.54) is 40.4 Å². The van der Waals surface area contributed by atoms with Gasteiger partial charge in [-0.2, -0.15) is 5.26 Å². The Balaban J connectivity index is 2.03. The van der Waals surface area contributed by atoms with Crippen molar-refractivity contribution in [1.29, 1.82) is 5.26 Å². The molecule has 0 N–H and O–H groups in total. The van der Waals surface area contributed by atoms with E-state index in [-0.39, 0.29) is 35.1 Å². The van der Waals surface area contributed by atoms with Crippen LogP contribution in [0.3, 0.4) is 0 Å². The normalized spacial score (nSPS) is 10.3. The average molecular weight is 496 g/mol. The fraction of sp³-hybridized carbons (Fsp3) is 0.167. The number of halogens is 2. The first-order valence-electron chi connectivity index (χ1n) is 10.0. The molecule has 0 saturated heterocycles. The van der Waals surface area contributed by atoms with Gasteiger partial charge in [-0.25, -0.2) is 9.97 Å². The molecule has 172 valence electrons. The Morgan fingerprint density at radius 2 is 1.71 bits per heavy atom. The van der Waals surface area contributed by atoms with Crippen molar-refractivity contribution < 1.29 is 14.4 Å². The Bertz CT molecular complexity index is 1290. The van der Waals surface area contributed by atoms with Crippen LogP contribution in [0.5, 0.6) is 0 Å². The fourth-order valence-electron chi connectivity index (χ4n) is 3.11. The SMILES string of the molecule is CN(C)C(=O)c1cc(C#N)cc(N(Cc2ccc(Cl)c(Cl)c2)C(=O)CC(=O)c2ncccn2)c1. The number of hydrogen-bond acceptors (Lipinski definition) is 6. The summed E-state index contributed by atoms with van der Waals surface area (Å²) in [4.78, 5) is 49.0. The Kier molecular flexibility index (Phi) is 7.95. The molecular formula is C24H19Cl2N5O3. The maximum absolute atomic E-state index is 13.3. The molecule has 0 unspecified atom stereocenters. The first kappa shape index (κ1) is 24.8. The Morgan fingerprint density at radius 3 is 2.32 bits per heavy atom. The zero-order chi connectivity index (χ0) is 24.8. The van der Waals surface area contributed by atoms with Gasteiger partial charge in [-0.05, 0) is 42.0 Å².